The Morgan fingerprint density at radius 2 is 2.32 bits per heavy atom. The van der Waals surface area contributed by atoms with Crippen LogP contribution in [0.3, 0.4) is 0 Å². The van der Waals surface area contributed by atoms with Crippen LogP contribution in [0.1, 0.15) is 12.2 Å². The van der Waals surface area contributed by atoms with E-state index in [-0.39, 0.29) is 6.42 Å². The topological polar surface area (TPSA) is 75.2 Å². The van der Waals surface area contributed by atoms with Gasteiger partial charge in [-0.25, -0.2) is 4.98 Å². The molecule has 0 amide bonds. The molecule has 0 aliphatic carbocycles. The van der Waals surface area contributed by atoms with Gasteiger partial charge in [0, 0.05) is 16.5 Å². The molecule has 0 fully saturated rings. The Kier molecular flexibility index (Phi) is 4.21. The van der Waals surface area contributed by atoms with Gasteiger partial charge in [0.15, 0.2) is 0 Å². The summed E-state index contributed by atoms with van der Waals surface area (Å²) in [5.41, 5.74) is 1.68. The molecule has 0 atom stereocenters. The molecule has 0 spiro atoms. The fraction of sp³-hybridized carbons (Fsp3) is 0.231. The molecule has 100 valence electrons. The summed E-state index contributed by atoms with van der Waals surface area (Å²) in [6.45, 7) is 0. The number of carboxylic acid groups (broad SMARTS) is 1. The number of hydrogen-bond donors (Lipinski definition) is 2. The van der Waals surface area contributed by atoms with E-state index >= 15 is 0 Å². The van der Waals surface area contributed by atoms with Gasteiger partial charge in [-0.2, -0.15) is 0 Å². The van der Waals surface area contributed by atoms with Crippen LogP contribution in [0.15, 0.2) is 28.9 Å². The molecule has 5 nitrogen and oxygen atoms in total. The highest BCUT2D eigenvalue weighted by Gasteiger charge is 2.10. The number of hydrogen-bond acceptors (Lipinski definition) is 3. The van der Waals surface area contributed by atoms with Gasteiger partial charge in [0.2, 0.25) is 0 Å². The molecule has 0 unspecified atom stereocenters. The van der Waals surface area contributed by atoms with E-state index in [0.717, 1.165) is 21.5 Å². The van der Waals surface area contributed by atoms with Crippen LogP contribution in [-0.2, 0) is 11.2 Å². The Labute approximate surface area is 118 Å². The predicted molar refractivity (Wildman–Crippen MR) is 74.2 cm³/mol. The van der Waals surface area contributed by atoms with Gasteiger partial charge in [0.05, 0.1) is 25.4 Å². The quantitative estimate of drug-likeness (QED) is 0.886. The Balaban J connectivity index is 2.27. The van der Waals surface area contributed by atoms with Crippen LogP contribution in [0.2, 0.25) is 0 Å². The number of aromatic nitrogens is 2. The van der Waals surface area contributed by atoms with E-state index in [4.69, 9.17) is 9.84 Å². The molecular weight excluding hydrogens is 312 g/mol. The van der Waals surface area contributed by atoms with E-state index in [1.165, 1.54) is 0 Å². The van der Waals surface area contributed by atoms with Crippen molar-refractivity contribution in [3.8, 4) is 17.0 Å². The van der Waals surface area contributed by atoms with Crippen molar-refractivity contribution >= 4 is 21.9 Å². The van der Waals surface area contributed by atoms with Crippen LogP contribution in [0.5, 0.6) is 5.75 Å². The number of aromatic amines is 1. The van der Waals surface area contributed by atoms with Gasteiger partial charge in [-0.3, -0.25) is 4.79 Å². The highest BCUT2D eigenvalue weighted by Crippen LogP contribution is 2.31. The number of halogens is 1. The van der Waals surface area contributed by atoms with E-state index < -0.39 is 5.97 Å². The maximum absolute atomic E-state index is 10.5. The Morgan fingerprint density at radius 3 is 3.00 bits per heavy atom. The molecule has 2 N–H and O–H groups in total. The van der Waals surface area contributed by atoms with Crippen molar-refractivity contribution in [3.05, 3.63) is 34.7 Å². The zero-order chi connectivity index (χ0) is 13.8. The molecule has 0 saturated carbocycles. The average Bonchev–Trinajstić information content (AvgIpc) is 2.85. The van der Waals surface area contributed by atoms with Gasteiger partial charge in [-0.15, -0.1) is 0 Å². The number of methoxy groups -OCH3 is 1. The molecule has 0 radical (unpaired) electrons. The number of carboxylic acids is 1. The first-order chi connectivity index (χ1) is 9.10. The van der Waals surface area contributed by atoms with Gasteiger partial charge in [0.25, 0.3) is 0 Å². The number of imidazole rings is 1. The molecular formula is C13H13BrN2O3. The Morgan fingerprint density at radius 1 is 1.53 bits per heavy atom. The third-order valence-electron chi connectivity index (χ3n) is 2.66. The highest BCUT2D eigenvalue weighted by molar-refractivity contribution is 9.10. The van der Waals surface area contributed by atoms with E-state index in [1.807, 2.05) is 18.2 Å². The standard InChI is InChI=1S/C13H13BrN2O3/c1-19-11-3-2-8(14)6-9(11)10-7-15-12(16-10)4-5-13(17)18/h2-3,6-7H,4-5H2,1H3,(H,15,16)(H,17,18). The number of benzene rings is 1. The largest absolute Gasteiger partial charge is 0.496 e. The van der Waals surface area contributed by atoms with Gasteiger partial charge in [-0.1, -0.05) is 15.9 Å². The summed E-state index contributed by atoms with van der Waals surface area (Å²) < 4.78 is 6.23. The van der Waals surface area contributed by atoms with Crippen molar-refractivity contribution in [1.29, 1.82) is 0 Å². The minimum absolute atomic E-state index is 0.0581. The maximum atomic E-state index is 10.5. The molecule has 1 aromatic heterocycles. The van der Waals surface area contributed by atoms with Crippen molar-refractivity contribution in [2.24, 2.45) is 0 Å². The van der Waals surface area contributed by atoms with Gasteiger partial charge >= 0.3 is 5.97 Å². The number of ether oxygens (including phenoxy) is 1. The van der Waals surface area contributed by atoms with Crippen LogP contribution in [0.4, 0.5) is 0 Å². The molecule has 1 aromatic carbocycles. The second-order valence-corrected chi connectivity index (χ2v) is 4.90. The molecule has 0 saturated heterocycles. The Bertz CT molecular complexity index is 595. The summed E-state index contributed by atoms with van der Waals surface area (Å²) in [6, 6.07) is 5.68. The third-order valence-corrected chi connectivity index (χ3v) is 3.15. The zero-order valence-corrected chi connectivity index (χ0v) is 11.9. The lowest BCUT2D eigenvalue weighted by Gasteiger charge is -2.06. The number of nitrogens with zero attached hydrogens (tertiary/aromatic N) is 1. The SMILES string of the molecule is COc1ccc(Br)cc1-c1cnc(CCC(=O)O)[nH]1. The van der Waals surface area contributed by atoms with Crippen LogP contribution < -0.4 is 4.74 Å². The van der Waals surface area contributed by atoms with Crippen molar-refractivity contribution < 1.29 is 14.6 Å². The third kappa shape index (κ3) is 3.35. The van der Waals surface area contributed by atoms with Crippen molar-refractivity contribution in [2.75, 3.05) is 7.11 Å². The van der Waals surface area contributed by atoms with Gasteiger partial charge < -0.3 is 14.8 Å². The number of aryl methyl sites for hydroxylation is 1. The molecule has 6 heteroatoms. The lowest BCUT2D eigenvalue weighted by Crippen LogP contribution is -1.98. The summed E-state index contributed by atoms with van der Waals surface area (Å²) >= 11 is 3.41. The molecule has 19 heavy (non-hydrogen) atoms. The summed E-state index contributed by atoms with van der Waals surface area (Å²) in [6.07, 6.45) is 2.12. The predicted octanol–water partition coefficient (Wildman–Crippen LogP) is 2.87. The zero-order valence-electron chi connectivity index (χ0n) is 10.3. The van der Waals surface area contributed by atoms with Crippen LogP contribution in [0.25, 0.3) is 11.3 Å². The molecule has 1 heterocycles. The lowest BCUT2D eigenvalue weighted by atomic mass is 10.1. The van der Waals surface area contributed by atoms with E-state index in [1.54, 1.807) is 13.3 Å². The van der Waals surface area contributed by atoms with E-state index in [9.17, 15) is 4.79 Å². The second-order valence-electron chi connectivity index (χ2n) is 3.98. The number of rotatable bonds is 5. The lowest BCUT2D eigenvalue weighted by molar-refractivity contribution is -0.137. The van der Waals surface area contributed by atoms with Gasteiger partial charge in [-0.05, 0) is 18.2 Å². The molecule has 0 aliphatic heterocycles. The first kappa shape index (κ1) is 13.6. The van der Waals surface area contributed by atoms with Crippen LogP contribution >= 0.6 is 15.9 Å². The monoisotopic (exact) mass is 324 g/mol. The van der Waals surface area contributed by atoms with Crippen molar-refractivity contribution in [3.63, 3.8) is 0 Å². The number of aliphatic carboxylic acids is 1. The van der Waals surface area contributed by atoms with Gasteiger partial charge in [0.1, 0.15) is 11.6 Å². The number of carbonyl (C=O) groups is 1. The Hall–Kier alpha value is -1.82. The maximum Gasteiger partial charge on any atom is 0.303 e. The number of H-pyrrole nitrogens is 1. The minimum atomic E-state index is -0.835. The summed E-state index contributed by atoms with van der Waals surface area (Å²) in [4.78, 5) is 17.8. The van der Waals surface area contributed by atoms with Crippen molar-refractivity contribution in [1.82, 2.24) is 9.97 Å². The highest BCUT2D eigenvalue weighted by atomic mass is 79.9. The smallest absolute Gasteiger partial charge is 0.303 e. The fourth-order valence-corrected chi connectivity index (χ4v) is 2.10. The van der Waals surface area contributed by atoms with Crippen LogP contribution in [-0.4, -0.2) is 28.2 Å². The van der Waals surface area contributed by atoms with E-state index in [2.05, 4.69) is 25.9 Å². The molecule has 0 bridgehead atoms. The second kappa shape index (κ2) is 5.88. The van der Waals surface area contributed by atoms with E-state index in [0.29, 0.717) is 12.2 Å². The number of nitrogens with one attached hydrogen (secondary N) is 1. The summed E-state index contributed by atoms with van der Waals surface area (Å²) in [5, 5.41) is 8.65. The van der Waals surface area contributed by atoms with Crippen molar-refractivity contribution in [2.45, 2.75) is 12.8 Å². The first-order valence-electron chi connectivity index (χ1n) is 5.69. The normalized spacial score (nSPS) is 10.4. The summed E-state index contributed by atoms with van der Waals surface area (Å²) in [5.74, 6) is 0.550. The summed E-state index contributed by atoms with van der Waals surface area (Å²) in [7, 11) is 1.61. The van der Waals surface area contributed by atoms with Crippen LogP contribution in [0, 0.1) is 0 Å². The average molecular weight is 325 g/mol. The first-order valence-corrected chi connectivity index (χ1v) is 6.49. The fourth-order valence-electron chi connectivity index (χ4n) is 1.74. The minimum Gasteiger partial charge on any atom is -0.496 e. The molecule has 2 rings (SSSR count). The molecule has 0 aliphatic rings. The molecule has 2 aromatic rings.